The van der Waals surface area contributed by atoms with Gasteiger partial charge in [0.2, 0.25) is 0 Å². The average Bonchev–Trinajstić information content (AvgIpc) is 1.95. The van der Waals surface area contributed by atoms with Crippen molar-refractivity contribution in [2.24, 2.45) is 5.92 Å². The van der Waals surface area contributed by atoms with E-state index in [0.29, 0.717) is 0 Å². The number of hydrogen-bond donors (Lipinski definition) is 1. The van der Waals surface area contributed by atoms with Gasteiger partial charge in [0.25, 0.3) is 0 Å². The Hall–Kier alpha value is 0.250. The standard InChI is InChI=1S/C8H19F2OP/c1-3-5-6-8(4-2)7-12(9,10)11/h8,11-12H,3-7H2,1-2H3. The molecule has 76 valence electrons. The van der Waals surface area contributed by atoms with E-state index in [1.165, 1.54) is 0 Å². The molecule has 0 radical (unpaired) electrons. The maximum absolute atomic E-state index is 12.3. The van der Waals surface area contributed by atoms with Gasteiger partial charge in [-0.15, -0.1) is 0 Å². The summed E-state index contributed by atoms with van der Waals surface area (Å²) in [6.45, 7) is 3.95. The summed E-state index contributed by atoms with van der Waals surface area (Å²) in [5, 5.41) is 0. The van der Waals surface area contributed by atoms with Crippen LogP contribution in [-0.2, 0) is 0 Å². The van der Waals surface area contributed by atoms with E-state index in [1.54, 1.807) is 0 Å². The minimum absolute atomic E-state index is 0.0246. The fourth-order valence-corrected chi connectivity index (χ4v) is 2.48. The van der Waals surface area contributed by atoms with Gasteiger partial charge in [-0.25, -0.2) is 0 Å². The molecule has 0 aromatic rings. The molecule has 1 N–H and O–H groups in total. The molecule has 0 amide bonds. The van der Waals surface area contributed by atoms with Gasteiger partial charge in [-0.1, -0.05) is 0 Å². The second-order valence-electron chi connectivity index (χ2n) is 3.29. The van der Waals surface area contributed by atoms with Crippen molar-refractivity contribution in [3.8, 4) is 0 Å². The van der Waals surface area contributed by atoms with Gasteiger partial charge in [0.05, 0.1) is 0 Å². The summed E-state index contributed by atoms with van der Waals surface area (Å²) in [5.41, 5.74) is 0. The summed E-state index contributed by atoms with van der Waals surface area (Å²) >= 11 is 0. The van der Waals surface area contributed by atoms with Crippen molar-refractivity contribution < 1.29 is 13.3 Å². The number of halogens is 2. The molecule has 0 aromatic carbocycles. The first kappa shape index (κ1) is 12.2. The van der Waals surface area contributed by atoms with Crippen molar-refractivity contribution in [1.82, 2.24) is 0 Å². The van der Waals surface area contributed by atoms with Crippen molar-refractivity contribution in [2.45, 2.75) is 39.5 Å². The summed E-state index contributed by atoms with van der Waals surface area (Å²) in [5.74, 6) is 0.0246. The summed E-state index contributed by atoms with van der Waals surface area (Å²) in [7, 11) is -4.79. The monoisotopic (exact) mass is 200 g/mol. The number of hydrogen-bond acceptors (Lipinski definition) is 1. The predicted octanol–water partition coefficient (Wildman–Crippen LogP) is 3.63. The molecule has 4 heteroatoms. The van der Waals surface area contributed by atoms with E-state index < -0.39 is 8.11 Å². The quantitative estimate of drug-likeness (QED) is 0.649. The third-order valence-corrected chi connectivity index (χ3v) is 3.15. The molecular formula is C8H19F2OP. The Morgan fingerprint density at radius 3 is 2.25 bits per heavy atom. The second-order valence-corrected chi connectivity index (χ2v) is 5.03. The molecule has 0 spiro atoms. The van der Waals surface area contributed by atoms with E-state index in [4.69, 9.17) is 4.89 Å². The Bertz CT molecular complexity index is 114. The number of unbranched alkanes of at least 4 members (excludes halogenated alkanes) is 1. The van der Waals surface area contributed by atoms with Crippen LogP contribution in [0.4, 0.5) is 8.39 Å². The van der Waals surface area contributed by atoms with Crippen LogP contribution in [0.2, 0.25) is 0 Å². The Kier molecular flexibility index (Phi) is 5.94. The molecule has 0 saturated carbocycles. The van der Waals surface area contributed by atoms with Crippen LogP contribution < -0.4 is 0 Å². The molecule has 1 nitrogen and oxygen atoms in total. The Labute approximate surface area is 73.8 Å². The zero-order valence-corrected chi connectivity index (χ0v) is 8.82. The van der Waals surface area contributed by atoms with Crippen molar-refractivity contribution in [1.29, 1.82) is 0 Å². The first-order valence-electron chi connectivity index (χ1n) is 4.59. The third kappa shape index (κ3) is 6.93. The zero-order chi connectivity index (χ0) is 9.61. The van der Waals surface area contributed by atoms with Gasteiger partial charge in [0, 0.05) is 0 Å². The Morgan fingerprint density at radius 1 is 1.33 bits per heavy atom. The first-order valence-corrected chi connectivity index (χ1v) is 6.50. The SMILES string of the molecule is CCCCC(CC)C[PH](O)(F)F. The van der Waals surface area contributed by atoms with E-state index >= 15 is 0 Å². The fraction of sp³-hybridized carbons (Fsp3) is 1.00. The molecule has 0 aliphatic carbocycles. The molecule has 0 rings (SSSR count). The van der Waals surface area contributed by atoms with Crippen LogP contribution in [0.3, 0.4) is 0 Å². The third-order valence-electron chi connectivity index (χ3n) is 2.08. The van der Waals surface area contributed by atoms with E-state index in [9.17, 15) is 8.39 Å². The topological polar surface area (TPSA) is 20.2 Å². The van der Waals surface area contributed by atoms with Gasteiger partial charge in [-0.2, -0.15) is 0 Å². The molecule has 0 saturated heterocycles. The molecule has 12 heavy (non-hydrogen) atoms. The van der Waals surface area contributed by atoms with Crippen LogP contribution in [0, 0.1) is 5.92 Å². The zero-order valence-electron chi connectivity index (χ0n) is 7.82. The predicted molar refractivity (Wildman–Crippen MR) is 50.9 cm³/mol. The van der Waals surface area contributed by atoms with Crippen molar-refractivity contribution >= 4 is 8.11 Å². The Balaban J connectivity index is 3.67. The first-order chi connectivity index (χ1) is 5.49. The molecule has 0 aromatic heterocycles. The molecule has 0 aliphatic rings. The van der Waals surface area contributed by atoms with Gasteiger partial charge < -0.3 is 0 Å². The fourth-order valence-electron chi connectivity index (χ4n) is 1.29. The molecule has 1 unspecified atom stereocenters. The van der Waals surface area contributed by atoms with Crippen molar-refractivity contribution in [3.63, 3.8) is 0 Å². The maximum atomic E-state index is 12.3. The van der Waals surface area contributed by atoms with Crippen molar-refractivity contribution in [3.05, 3.63) is 0 Å². The molecule has 0 fully saturated rings. The molecular weight excluding hydrogens is 181 g/mol. The van der Waals surface area contributed by atoms with Gasteiger partial charge in [0.15, 0.2) is 0 Å². The van der Waals surface area contributed by atoms with E-state index in [2.05, 4.69) is 0 Å². The second kappa shape index (κ2) is 5.82. The molecule has 1 atom stereocenters. The minimum atomic E-state index is -4.79. The van der Waals surface area contributed by atoms with Crippen LogP contribution in [-0.4, -0.2) is 11.1 Å². The molecule has 0 bridgehead atoms. The van der Waals surface area contributed by atoms with Gasteiger partial charge >= 0.3 is 73.0 Å². The van der Waals surface area contributed by atoms with Gasteiger partial charge in [-0.3, -0.25) is 0 Å². The number of rotatable bonds is 6. The molecule has 0 heterocycles. The van der Waals surface area contributed by atoms with E-state index in [-0.39, 0.29) is 12.1 Å². The molecule has 0 aliphatic heterocycles. The van der Waals surface area contributed by atoms with Crippen molar-refractivity contribution in [2.75, 3.05) is 6.16 Å². The van der Waals surface area contributed by atoms with Gasteiger partial charge in [-0.05, 0) is 0 Å². The summed E-state index contributed by atoms with van der Waals surface area (Å²) in [6.07, 6.45) is 3.36. The Morgan fingerprint density at radius 2 is 1.92 bits per heavy atom. The summed E-state index contributed by atoms with van der Waals surface area (Å²) in [4.78, 5) is 8.42. The summed E-state index contributed by atoms with van der Waals surface area (Å²) < 4.78 is 24.6. The van der Waals surface area contributed by atoms with Crippen LogP contribution >= 0.6 is 8.11 Å². The average molecular weight is 200 g/mol. The van der Waals surface area contributed by atoms with Crippen LogP contribution in [0.25, 0.3) is 0 Å². The van der Waals surface area contributed by atoms with Crippen LogP contribution in [0.1, 0.15) is 39.5 Å². The van der Waals surface area contributed by atoms with Gasteiger partial charge in [0.1, 0.15) is 0 Å². The van der Waals surface area contributed by atoms with E-state index in [0.717, 1.165) is 25.7 Å². The normalized spacial score (nSPS) is 16.1. The van der Waals surface area contributed by atoms with Crippen LogP contribution in [0.5, 0.6) is 0 Å². The van der Waals surface area contributed by atoms with Crippen LogP contribution in [0.15, 0.2) is 0 Å². The van der Waals surface area contributed by atoms with E-state index in [1.807, 2.05) is 13.8 Å². The summed E-state index contributed by atoms with van der Waals surface area (Å²) in [6, 6.07) is 0.